The standard InChI is InChI=1S/C16H11ClINO3/c17-11-7-5-10(6-8-11)9-14(16(21)22)19-15(20)12-3-1-2-4-13(12)18/h1-9H,(H,19,20)(H,21,22). The van der Waals surface area contributed by atoms with E-state index in [0.29, 0.717) is 16.1 Å². The fraction of sp³-hybridized carbons (Fsp3) is 0. The lowest BCUT2D eigenvalue weighted by Gasteiger charge is -2.07. The van der Waals surface area contributed by atoms with Crippen LogP contribution in [0.1, 0.15) is 15.9 Å². The molecule has 0 aliphatic heterocycles. The SMILES string of the molecule is O=C(O)C(=Cc1ccc(Cl)cc1)NC(=O)c1ccccc1I. The van der Waals surface area contributed by atoms with Crippen LogP contribution in [0.15, 0.2) is 54.2 Å². The zero-order valence-electron chi connectivity index (χ0n) is 11.2. The number of carboxylic acids is 1. The van der Waals surface area contributed by atoms with Crippen LogP contribution in [-0.2, 0) is 4.79 Å². The summed E-state index contributed by atoms with van der Waals surface area (Å²) in [7, 11) is 0. The molecule has 0 saturated carbocycles. The van der Waals surface area contributed by atoms with Crippen molar-refractivity contribution in [3.05, 3.63) is 73.9 Å². The van der Waals surface area contributed by atoms with Gasteiger partial charge in [-0.25, -0.2) is 4.79 Å². The van der Waals surface area contributed by atoms with Crippen LogP contribution < -0.4 is 5.32 Å². The molecule has 2 aromatic carbocycles. The molecule has 2 rings (SSSR count). The highest BCUT2D eigenvalue weighted by Gasteiger charge is 2.15. The van der Waals surface area contributed by atoms with E-state index in [9.17, 15) is 14.7 Å². The van der Waals surface area contributed by atoms with Crippen molar-refractivity contribution in [2.45, 2.75) is 0 Å². The Morgan fingerprint density at radius 1 is 1.09 bits per heavy atom. The van der Waals surface area contributed by atoms with Gasteiger partial charge in [-0.1, -0.05) is 35.9 Å². The van der Waals surface area contributed by atoms with E-state index >= 15 is 0 Å². The molecule has 1 amide bonds. The molecule has 112 valence electrons. The average Bonchev–Trinajstić information content (AvgIpc) is 2.49. The normalized spacial score (nSPS) is 11.1. The number of aliphatic carboxylic acids is 1. The van der Waals surface area contributed by atoms with Crippen LogP contribution in [0.5, 0.6) is 0 Å². The summed E-state index contributed by atoms with van der Waals surface area (Å²) in [6, 6.07) is 13.6. The number of hydrogen-bond acceptors (Lipinski definition) is 2. The van der Waals surface area contributed by atoms with Crippen molar-refractivity contribution in [2.24, 2.45) is 0 Å². The van der Waals surface area contributed by atoms with E-state index in [1.165, 1.54) is 6.08 Å². The Bertz CT molecular complexity index is 741. The van der Waals surface area contributed by atoms with E-state index < -0.39 is 11.9 Å². The topological polar surface area (TPSA) is 66.4 Å². The summed E-state index contributed by atoms with van der Waals surface area (Å²) in [4.78, 5) is 23.5. The van der Waals surface area contributed by atoms with Crippen molar-refractivity contribution in [2.75, 3.05) is 0 Å². The van der Waals surface area contributed by atoms with Gasteiger partial charge in [-0.2, -0.15) is 0 Å². The summed E-state index contributed by atoms with van der Waals surface area (Å²) >= 11 is 7.81. The lowest BCUT2D eigenvalue weighted by atomic mass is 10.1. The van der Waals surface area contributed by atoms with Crippen molar-refractivity contribution in [1.29, 1.82) is 0 Å². The maximum absolute atomic E-state index is 12.2. The van der Waals surface area contributed by atoms with Gasteiger partial charge in [0.25, 0.3) is 5.91 Å². The first-order valence-corrected chi connectivity index (χ1v) is 7.69. The molecule has 0 aromatic heterocycles. The second-order valence-electron chi connectivity index (χ2n) is 4.35. The molecule has 2 N–H and O–H groups in total. The molecule has 0 radical (unpaired) electrons. The summed E-state index contributed by atoms with van der Waals surface area (Å²) in [6.07, 6.45) is 1.38. The van der Waals surface area contributed by atoms with Crippen molar-refractivity contribution in [1.82, 2.24) is 5.32 Å². The smallest absolute Gasteiger partial charge is 0.352 e. The third kappa shape index (κ3) is 4.32. The summed E-state index contributed by atoms with van der Waals surface area (Å²) < 4.78 is 0.744. The van der Waals surface area contributed by atoms with Crippen LogP contribution >= 0.6 is 34.2 Å². The highest BCUT2D eigenvalue weighted by Crippen LogP contribution is 2.14. The highest BCUT2D eigenvalue weighted by atomic mass is 127. The van der Waals surface area contributed by atoms with E-state index in [2.05, 4.69) is 5.32 Å². The van der Waals surface area contributed by atoms with Crippen LogP contribution in [0.25, 0.3) is 6.08 Å². The fourth-order valence-corrected chi connectivity index (χ4v) is 2.47. The van der Waals surface area contributed by atoms with Gasteiger partial charge in [-0.05, 0) is 58.5 Å². The molecule has 0 atom stereocenters. The Morgan fingerprint density at radius 2 is 1.73 bits per heavy atom. The van der Waals surface area contributed by atoms with Crippen LogP contribution in [0.3, 0.4) is 0 Å². The van der Waals surface area contributed by atoms with Gasteiger partial charge < -0.3 is 10.4 Å². The predicted molar refractivity (Wildman–Crippen MR) is 93.7 cm³/mol. The number of nitrogens with one attached hydrogen (secondary N) is 1. The first-order valence-electron chi connectivity index (χ1n) is 6.24. The molecule has 0 fully saturated rings. The van der Waals surface area contributed by atoms with Gasteiger partial charge in [-0.3, -0.25) is 4.79 Å². The van der Waals surface area contributed by atoms with Crippen LogP contribution in [0.4, 0.5) is 0 Å². The van der Waals surface area contributed by atoms with Gasteiger partial charge in [0, 0.05) is 8.59 Å². The molecular weight excluding hydrogens is 417 g/mol. The van der Waals surface area contributed by atoms with Crippen LogP contribution in [0.2, 0.25) is 5.02 Å². The van der Waals surface area contributed by atoms with Gasteiger partial charge in [0.1, 0.15) is 5.70 Å². The Kier molecular flexibility index (Phi) is 5.57. The van der Waals surface area contributed by atoms with Crippen molar-refractivity contribution in [3.63, 3.8) is 0 Å². The number of benzene rings is 2. The molecule has 4 nitrogen and oxygen atoms in total. The third-order valence-electron chi connectivity index (χ3n) is 2.78. The van der Waals surface area contributed by atoms with Gasteiger partial charge in [0.2, 0.25) is 0 Å². The highest BCUT2D eigenvalue weighted by molar-refractivity contribution is 14.1. The van der Waals surface area contributed by atoms with Crippen LogP contribution in [-0.4, -0.2) is 17.0 Å². The number of carbonyl (C=O) groups is 2. The van der Waals surface area contributed by atoms with Gasteiger partial charge >= 0.3 is 5.97 Å². The number of carbonyl (C=O) groups excluding carboxylic acids is 1. The van der Waals surface area contributed by atoms with Gasteiger partial charge in [0.05, 0.1) is 5.56 Å². The van der Waals surface area contributed by atoms with Crippen LogP contribution in [0, 0.1) is 3.57 Å². The second kappa shape index (κ2) is 7.42. The molecule has 0 aliphatic carbocycles. The first kappa shape index (κ1) is 16.5. The quantitative estimate of drug-likeness (QED) is 0.576. The summed E-state index contributed by atoms with van der Waals surface area (Å²) in [5, 5.41) is 12.2. The molecule has 0 saturated heterocycles. The lowest BCUT2D eigenvalue weighted by Crippen LogP contribution is -2.27. The molecule has 0 spiro atoms. The first-order chi connectivity index (χ1) is 10.5. The molecule has 6 heteroatoms. The van der Waals surface area contributed by atoms with E-state index in [1.807, 2.05) is 22.6 Å². The molecule has 0 bridgehead atoms. The van der Waals surface area contributed by atoms with Gasteiger partial charge in [-0.15, -0.1) is 0 Å². The molecule has 22 heavy (non-hydrogen) atoms. The third-order valence-corrected chi connectivity index (χ3v) is 3.97. The maximum atomic E-state index is 12.2. The maximum Gasteiger partial charge on any atom is 0.352 e. The predicted octanol–water partition coefficient (Wildman–Crippen LogP) is 3.80. The average molecular weight is 428 g/mol. The zero-order valence-corrected chi connectivity index (χ0v) is 14.1. The minimum atomic E-state index is -1.21. The molecule has 0 unspecified atom stereocenters. The van der Waals surface area contributed by atoms with E-state index in [4.69, 9.17) is 11.6 Å². The lowest BCUT2D eigenvalue weighted by molar-refractivity contribution is -0.132. The number of hydrogen-bond donors (Lipinski definition) is 2. The number of halogens is 2. The fourth-order valence-electron chi connectivity index (χ4n) is 1.71. The molecule has 0 aliphatic rings. The Labute approximate surface area is 145 Å². The summed E-state index contributed by atoms with van der Waals surface area (Å²) in [5.41, 5.74) is 0.850. The van der Waals surface area contributed by atoms with E-state index in [-0.39, 0.29) is 5.70 Å². The van der Waals surface area contributed by atoms with E-state index in [1.54, 1.807) is 48.5 Å². The van der Waals surface area contributed by atoms with Gasteiger partial charge in [0.15, 0.2) is 0 Å². The minimum Gasteiger partial charge on any atom is -0.477 e. The molecule has 0 heterocycles. The molecule has 2 aromatic rings. The number of amides is 1. The second-order valence-corrected chi connectivity index (χ2v) is 5.95. The summed E-state index contributed by atoms with van der Waals surface area (Å²) in [5.74, 6) is -1.68. The monoisotopic (exact) mass is 427 g/mol. The van der Waals surface area contributed by atoms with E-state index in [0.717, 1.165) is 3.57 Å². The van der Waals surface area contributed by atoms with Crippen molar-refractivity contribution >= 4 is 52.1 Å². The minimum absolute atomic E-state index is 0.202. The number of carboxylic acid groups (broad SMARTS) is 1. The van der Waals surface area contributed by atoms with Crippen molar-refractivity contribution < 1.29 is 14.7 Å². The Morgan fingerprint density at radius 3 is 2.32 bits per heavy atom. The largest absolute Gasteiger partial charge is 0.477 e. The molecular formula is C16H11ClINO3. The summed E-state index contributed by atoms with van der Waals surface area (Å²) in [6.45, 7) is 0. The zero-order chi connectivity index (χ0) is 16.1. The Balaban J connectivity index is 2.26. The Hall–Kier alpha value is -1.86. The van der Waals surface area contributed by atoms with Crippen molar-refractivity contribution in [3.8, 4) is 0 Å². The number of rotatable bonds is 4.